The normalized spacial score (nSPS) is 23.9. The minimum absolute atomic E-state index is 0.0651. The van der Waals surface area contributed by atoms with Gasteiger partial charge in [-0.25, -0.2) is 0 Å². The average molecular weight is 304 g/mol. The van der Waals surface area contributed by atoms with E-state index >= 15 is 0 Å². The van der Waals surface area contributed by atoms with Gasteiger partial charge in [-0.15, -0.1) is 0 Å². The molecule has 0 heterocycles. The molecule has 1 aromatic carbocycles. The van der Waals surface area contributed by atoms with E-state index in [0.717, 1.165) is 5.56 Å². The monoisotopic (exact) mass is 304 g/mol. The number of amides is 1. The first-order valence-corrected chi connectivity index (χ1v) is 7.48. The lowest BCUT2D eigenvalue weighted by atomic mass is 10.1. The highest BCUT2D eigenvalue weighted by atomic mass is 16.4. The van der Waals surface area contributed by atoms with Gasteiger partial charge in [-0.3, -0.25) is 9.59 Å². The molecule has 1 amide bonds. The Labute approximate surface area is 131 Å². The number of carboxylic acid groups (broad SMARTS) is 1. The van der Waals surface area contributed by atoms with Gasteiger partial charge in [-0.1, -0.05) is 44.2 Å². The zero-order chi connectivity index (χ0) is 16.5. The third-order valence-corrected chi connectivity index (χ3v) is 4.65. The number of benzene rings is 1. The maximum Gasteiger partial charge on any atom is 0.307 e. The van der Waals surface area contributed by atoms with Gasteiger partial charge in [-0.2, -0.15) is 0 Å². The van der Waals surface area contributed by atoms with Gasteiger partial charge in [0.2, 0.25) is 5.91 Å². The van der Waals surface area contributed by atoms with Crippen LogP contribution in [-0.4, -0.2) is 42.5 Å². The number of carboxylic acids is 1. The summed E-state index contributed by atoms with van der Waals surface area (Å²) in [6.45, 7) is 4.13. The van der Waals surface area contributed by atoms with Crippen molar-refractivity contribution in [3.8, 4) is 0 Å². The molecule has 1 aliphatic rings. The summed E-state index contributed by atoms with van der Waals surface area (Å²) in [6.07, 6.45) is 0. The van der Waals surface area contributed by atoms with Crippen LogP contribution in [0.4, 0.5) is 0 Å². The van der Waals surface area contributed by atoms with Gasteiger partial charge < -0.3 is 15.3 Å². The van der Waals surface area contributed by atoms with E-state index in [9.17, 15) is 9.59 Å². The molecular weight excluding hydrogens is 280 g/mol. The molecule has 1 fully saturated rings. The van der Waals surface area contributed by atoms with Gasteiger partial charge in [-0.05, 0) is 25.1 Å². The van der Waals surface area contributed by atoms with Crippen molar-refractivity contribution < 1.29 is 14.7 Å². The number of nitrogens with one attached hydrogen (secondary N) is 1. The first-order chi connectivity index (χ1) is 10.3. The van der Waals surface area contributed by atoms with Gasteiger partial charge in [0.25, 0.3) is 0 Å². The van der Waals surface area contributed by atoms with Crippen LogP contribution in [0.3, 0.4) is 0 Å². The zero-order valence-corrected chi connectivity index (χ0v) is 13.5. The van der Waals surface area contributed by atoms with Crippen LogP contribution >= 0.6 is 0 Å². The van der Waals surface area contributed by atoms with Crippen LogP contribution in [0.25, 0.3) is 0 Å². The van der Waals surface area contributed by atoms with E-state index < -0.39 is 23.2 Å². The van der Waals surface area contributed by atoms with E-state index in [-0.39, 0.29) is 11.9 Å². The predicted octanol–water partition coefficient (Wildman–Crippen LogP) is 1.76. The fourth-order valence-electron chi connectivity index (χ4n) is 3.17. The van der Waals surface area contributed by atoms with Crippen LogP contribution in [0.2, 0.25) is 0 Å². The van der Waals surface area contributed by atoms with Crippen molar-refractivity contribution in [1.82, 2.24) is 10.2 Å². The molecule has 0 bridgehead atoms. The van der Waals surface area contributed by atoms with Crippen molar-refractivity contribution in [2.24, 2.45) is 17.3 Å². The molecule has 3 atom stereocenters. The Hall–Kier alpha value is -1.88. The van der Waals surface area contributed by atoms with Crippen LogP contribution in [-0.2, 0) is 9.59 Å². The minimum Gasteiger partial charge on any atom is -0.481 e. The van der Waals surface area contributed by atoms with Crippen molar-refractivity contribution in [3.63, 3.8) is 0 Å². The zero-order valence-electron chi connectivity index (χ0n) is 13.5. The summed E-state index contributed by atoms with van der Waals surface area (Å²) < 4.78 is 0. The van der Waals surface area contributed by atoms with E-state index in [1.807, 2.05) is 63.2 Å². The molecule has 120 valence electrons. The summed E-state index contributed by atoms with van der Waals surface area (Å²) >= 11 is 0. The van der Waals surface area contributed by atoms with E-state index in [4.69, 9.17) is 5.11 Å². The molecule has 5 heteroatoms. The van der Waals surface area contributed by atoms with Gasteiger partial charge >= 0.3 is 5.97 Å². The highest BCUT2D eigenvalue weighted by Crippen LogP contribution is 2.58. The van der Waals surface area contributed by atoms with Crippen LogP contribution in [0.5, 0.6) is 0 Å². The lowest BCUT2D eigenvalue weighted by molar-refractivity contribution is -0.140. The van der Waals surface area contributed by atoms with Crippen molar-refractivity contribution in [3.05, 3.63) is 35.9 Å². The van der Waals surface area contributed by atoms with Gasteiger partial charge in [0.15, 0.2) is 0 Å². The Bertz CT molecular complexity index is 554. The molecule has 0 aliphatic heterocycles. The molecule has 0 aromatic heterocycles. The minimum atomic E-state index is -0.891. The second-order valence-electron chi connectivity index (χ2n) is 6.75. The van der Waals surface area contributed by atoms with E-state index in [1.54, 1.807) is 0 Å². The van der Waals surface area contributed by atoms with Gasteiger partial charge in [0.1, 0.15) is 0 Å². The Morgan fingerprint density at radius 2 is 1.82 bits per heavy atom. The summed E-state index contributed by atoms with van der Waals surface area (Å²) in [5.74, 6) is -2.08. The standard InChI is InChI=1S/C17H24N2O3/c1-17(2)13(14(17)16(21)22)15(20)18-10-12(19(3)4)11-8-6-5-7-9-11/h5-9,12-14H,10H2,1-4H3,(H,18,20)(H,21,22)/t12-,13-,14-/m1/s1. The molecule has 2 N–H and O–H groups in total. The molecule has 22 heavy (non-hydrogen) atoms. The smallest absolute Gasteiger partial charge is 0.307 e. The van der Waals surface area contributed by atoms with Crippen LogP contribution in [0.15, 0.2) is 30.3 Å². The summed E-state index contributed by atoms with van der Waals surface area (Å²) in [4.78, 5) is 25.5. The first kappa shape index (κ1) is 16.5. The highest BCUT2D eigenvalue weighted by molar-refractivity contribution is 5.91. The van der Waals surface area contributed by atoms with Crippen LogP contribution in [0.1, 0.15) is 25.5 Å². The molecule has 0 spiro atoms. The lowest BCUT2D eigenvalue weighted by Gasteiger charge is -2.25. The Kier molecular flexibility index (Phi) is 4.56. The molecule has 0 saturated heterocycles. The fourth-order valence-corrected chi connectivity index (χ4v) is 3.17. The molecular formula is C17H24N2O3. The number of nitrogens with zero attached hydrogens (tertiary/aromatic N) is 1. The summed E-state index contributed by atoms with van der Waals surface area (Å²) in [7, 11) is 3.93. The third-order valence-electron chi connectivity index (χ3n) is 4.65. The molecule has 1 saturated carbocycles. The van der Waals surface area contributed by atoms with Gasteiger partial charge in [0.05, 0.1) is 17.9 Å². The molecule has 1 aromatic rings. The largest absolute Gasteiger partial charge is 0.481 e. The molecule has 5 nitrogen and oxygen atoms in total. The fraction of sp³-hybridized carbons (Fsp3) is 0.529. The van der Waals surface area contributed by atoms with Crippen molar-refractivity contribution in [2.45, 2.75) is 19.9 Å². The summed E-state index contributed by atoms with van der Waals surface area (Å²) in [6, 6.07) is 10.0. The summed E-state index contributed by atoms with van der Waals surface area (Å²) in [5.41, 5.74) is 0.661. The topological polar surface area (TPSA) is 69.6 Å². The molecule has 1 aliphatic carbocycles. The van der Waals surface area contributed by atoms with Crippen LogP contribution in [0, 0.1) is 17.3 Å². The second kappa shape index (κ2) is 6.08. The Morgan fingerprint density at radius 3 is 2.27 bits per heavy atom. The van der Waals surface area contributed by atoms with Crippen LogP contribution < -0.4 is 5.32 Å². The average Bonchev–Trinajstić information content (AvgIpc) is 3.03. The highest BCUT2D eigenvalue weighted by Gasteiger charge is 2.65. The lowest BCUT2D eigenvalue weighted by Crippen LogP contribution is -2.36. The first-order valence-electron chi connectivity index (χ1n) is 7.48. The van der Waals surface area contributed by atoms with E-state index in [0.29, 0.717) is 6.54 Å². The third kappa shape index (κ3) is 3.14. The van der Waals surface area contributed by atoms with E-state index in [2.05, 4.69) is 5.32 Å². The number of likely N-dealkylation sites (N-methyl/N-ethyl adjacent to an activating group) is 1. The number of rotatable bonds is 6. The molecule has 0 radical (unpaired) electrons. The Morgan fingerprint density at radius 1 is 1.23 bits per heavy atom. The molecule has 0 unspecified atom stereocenters. The Balaban J connectivity index is 1.99. The van der Waals surface area contributed by atoms with Crippen molar-refractivity contribution in [1.29, 1.82) is 0 Å². The number of carbonyl (C=O) groups is 2. The quantitative estimate of drug-likeness (QED) is 0.840. The van der Waals surface area contributed by atoms with E-state index in [1.165, 1.54) is 0 Å². The van der Waals surface area contributed by atoms with Crippen molar-refractivity contribution in [2.75, 3.05) is 20.6 Å². The summed E-state index contributed by atoms with van der Waals surface area (Å²) in [5, 5.41) is 12.1. The number of carbonyl (C=O) groups excluding carboxylic acids is 1. The number of aliphatic carboxylic acids is 1. The number of hydrogen-bond acceptors (Lipinski definition) is 3. The van der Waals surface area contributed by atoms with Crippen molar-refractivity contribution >= 4 is 11.9 Å². The predicted molar refractivity (Wildman–Crippen MR) is 84.3 cm³/mol. The number of hydrogen-bond donors (Lipinski definition) is 2. The molecule has 2 rings (SSSR count). The second-order valence-corrected chi connectivity index (χ2v) is 6.75. The maximum absolute atomic E-state index is 12.3. The SMILES string of the molecule is CN(C)[C@H](CNC(=O)[C@H]1[C@H](C(=O)O)C1(C)C)c1ccccc1. The maximum atomic E-state index is 12.3. The van der Waals surface area contributed by atoms with Gasteiger partial charge in [0, 0.05) is 6.54 Å².